The second-order valence-corrected chi connectivity index (χ2v) is 7.83. The highest BCUT2D eigenvalue weighted by Gasteiger charge is 2.23. The molecule has 0 saturated carbocycles. The summed E-state index contributed by atoms with van der Waals surface area (Å²) in [5.41, 5.74) is 2.39. The highest BCUT2D eigenvalue weighted by atomic mass is 35.5. The quantitative estimate of drug-likeness (QED) is 0.649. The van der Waals surface area contributed by atoms with Crippen molar-refractivity contribution in [2.24, 2.45) is 0 Å². The largest absolute Gasteiger partial charge is 0.492 e. The number of rotatable bonds is 6. The third kappa shape index (κ3) is 5.16. The molecule has 142 valence electrons. The number of hydrogen-bond acceptors (Lipinski definition) is 2. The van der Waals surface area contributed by atoms with E-state index in [1.54, 1.807) is 0 Å². The average molecular weight is 394 g/mol. The van der Waals surface area contributed by atoms with Crippen molar-refractivity contribution < 1.29 is 4.74 Å². The van der Waals surface area contributed by atoms with Crippen LogP contribution in [0.2, 0.25) is 5.02 Å². The summed E-state index contributed by atoms with van der Waals surface area (Å²) in [7, 11) is 0. The molecule has 1 saturated heterocycles. The zero-order valence-electron chi connectivity index (χ0n) is 15.6. The van der Waals surface area contributed by atoms with Gasteiger partial charge < -0.3 is 10.1 Å². The van der Waals surface area contributed by atoms with Crippen molar-refractivity contribution in [3.63, 3.8) is 0 Å². The van der Waals surface area contributed by atoms with E-state index < -0.39 is 0 Å². The van der Waals surface area contributed by atoms with E-state index in [-0.39, 0.29) is 17.8 Å². The van der Waals surface area contributed by atoms with Gasteiger partial charge >= 0.3 is 0 Å². The highest BCUT2D eigenvalue weighted by Crippen LogP contribution is 2.35. The molecular formula is C22H29Cl2NO. The monoisotopic (exact) mass is 393 g/mol. The van der Waals surface area contributed by atoms with Crippen molar-refractivity contribution in [2.45, 2.75) is 51.0 Å². The fourth-order valence-corrected chi connectivity index (χ4v) is 3.74. The van der Waals surface area contributed by atoms with E-state index in [1.807, 2.05) is 18.2 Å². The highest BCUT2D eigenvalue weighted by molar-refractivity contribution is 6.32. The molecule has 1 unspecified atom stereocenters. The second kappa shape index (κ2) is 9.64. The molecule has 4 heteroatoms. The molecule has 0 bridgehead atoms. The molecule has 0 amide bonds. The van der Waals surface area contributed by atoms with E-state index in [4.69, 9.17) is 16.3 Å². The molecule has 2 aromatic carbocycles. The van der Waals surface area contributed by atoms with Gasteiger partial charge in [-0.3, -0.25) is 0 Å². The lowest BCUT2D eigenvalue weighted by Gasteiger charge is -2.27. The maximum absolute atomic E-state index is 6.50. The Balaban J connectivity index is 0.00000243. The first-order chi connectivity index (χ1) is 12.1. The molecule has 0 spiro atoms. The van der Waals surface area contributed by atoms with Gasteiger partial charge in [0, 0.05) is 11.5 Å². The van der Waals surface area contributed by atoms with Crippen LogP contribution in [-0.4, -0.2) is 19.2 Å². The Hall–Kier alpha value is -1.22. The van der Waals surface area contributed by atoms with Crippen LogP contribution in [-0.2, 0) is 5.41 Å². The van der Waals surface area contributed by atoms with Gasteiger partial charge in [0.25, 0.3) is 0 Å². The molecule has 1 atom stereocenters. The van der Waals surface area contributed by atoms with Crippen LogP contribution in [0.1, 0.15) is 50.7 Å². The molecular weight excluding hydrogens is 365 g/mol. The Morgan fingerprint density at radius 1 is 1.08 bits per heavy atom. The number of ether oxygens (including phenoxy) is 1. The van der Waals surface area contributed by atoms with Crippen LogP contribution < -0.4 is 10.1 Å². The summed E-state index contributed by atoms with van der Waals surface area (Å²) < 4.78 is 5.94. The molecule has 0 radical (unpaired) electrons. The molecule has 1 aliphatic heterocycles. The first kappa shape index (κ1) is 21.1. The third-order valence-electron chi connectivity index (χ3n) is 5.29. The van der Waals surface area contributed by atoms with Crippen LogP contribution in [0, 0.1) is 0 Å². The molecule has 1 fully saturated rings. The standard InChI is InChI=1S/C22H28ClNO.ClH/c1-22(2,17-8-4-3-5-9-17)18-11-12-21(20(23)16-18)25-15-13-19-10-6-7-14-24-19;/h3-5,8-9,11-12,16,19,24H,6-7,10,13-15H2,1-2H3;1H. The molecule has 2 nitrogen and oxygen atoms in total. The van der Waals surface area contributed by atoms with Crippen LogP contribution >= 0.6 is 24.0 Å². The summed E-state index contributed by atoms with van der Waals surface area (Å²) in [6, 6.07) is 17.3. The lowest BCUT2D eigenvalue weighted by Crippen LogP contribution is -2.35. The Labute approximate surface area is 168 Å². The summed E-state index contributed by atoms with van der Waals surface area (Å²) >= 11 is 6.50. The number of halogens is 2. The van der Waals surface area contributed by atoms with Crippen molar-refractivity contribution in [1.29, 1.82) is 0 Å². The average Bonchev–Trinajstić information content (AvgIpc) is 2.64. The van der Waals surface area contributed by atoms with Gasteiger partial charge in [0.05, 0.1) is 11.6 Å². The molecule has 1 aliphatic rings. The summed E-state index contributed by atoms with van der Waals surface area (Å²) in [4.78, 5) is 0. The first-order valence-electron chi connectivity index (χ1n) is 9.29. The van der Waals surface area contributed by atoms with E-state index in [1.165, 1.54) is 30.4 Å². The van der Waals surface area contributed by atoms with E-state index >= 15 is 0 Å². The van der Waals surface area contributed by atoms with Crippen molar-refractivity contribution in [2.75, 3.05) is 13.2 Å². The zero-order valence-corrected chi connectivity index (χ0v) is 17.2. The van der Waals surface area contributed by atoms with Crippen LogP contribution in [0.25, 0.3) is 0 Å². The normalized spacial score (nSPS) is 17.4. The summed E-state index contributed by atoms with van der Waals surface area (Å²) in [5.74, 6) is 0.782. The minimum Gasteiger partial charge on any atom is -0.492 e. The molecule has 0 aromatic heterocycles. The fourth-order valence-electron chi connectivity index (χ4n) is 3.51. The number of nitrogens with one attached hydrogen (secondary N) is 1. The lowest BCUT2D eigenvalue weighted by atomic mass is 9.78. The van der Waals surface area contributed by atoms with Crippen molar-refractivity contribution >= 4 is 24.0 Å². The molecule has 1 N–H and O–H groups in total. The number of benzene rings is 2. The predicted octanol–water partition coefficient (Wildman–Crippen LogP) is 6.00. The van der Waals surface area contributed by atoms with Gasteiger partial charge in [0.2, 0.25) is 0 Å². The maximum Gasteiger partial charge on any atom is 0.137 e. The Morgan fingerprint density at radius 2 is 1.85 bits per heavy atom. The SMILES string of the molecule is CC(C)(c1ccccc1)c1ccc(OCCC2CCCCN2)c(Cl)c1.Cl. The number of piperidine rings is 1. The van der Waals surface area contributed by atoms with Crippen molar-refractivity contribution in [3.05, 3.63) is 64.7 Å². The Kier molecular flexibility index (Phi) is 7.82. The molecule has 2 aromatic rings. The second-order valence-electron chi connectivity index (χ2n) is 7.42. The Bertz CT molecular complexity index is 682. The van der Waals surface area contributed by atoms with Crippen molar-refractivity contribution in [3.8, 4) is 5.75 Å². The van der Waals surface area contributed by atoms with Gasteiger partial charge in [-0.25, -0.2) is 0 Å². The third-order valence-corrected chi connectivity index (χ3v) is 5.58. The van der Waals surface area contributed by atoms with Crippen LogP contribution in [0.4, 0.5) is 0 Å². The maximum atomic E-state index is 6.50. The minimum atomic E-state index is -0.0878. The number of hydrogen-bond donors (Lipinski definition) is 1. The van der Waals surface area contributed by atoms with E-state index in [0.717, 1.165) is 18.7 Å². The summed E-state index contributed by atoms with van der Waals surface area (Å²) in [5, 5.41) is 4.25. The summed E-state index contributed by atoms with van der Waals surface area (Å²) in [6.07, 6.45) is 4.90. The smallest absolute Gasteiger partial charge is 0.137 e. The van der Waals surface area contributed by atoms with Crippen molar-refractivity contribution in [1.82, 2.24) is 5.32 Å². The molecule has 3 rings (SSSR count). The van der Waals surface area contributed by atoms with Gasteiger partial charge in [0.1, 0.15) is 5.75 Å². The van der Waals surface area contributed by atoms with Crippen LogP contribution in [0.5, 0.6) is 5.75 Å². The summed E-state index contributed by atoms with van der Waals surface area (Å²) in [6.45, 7) is 6.29. The predicted molar refractivity (Wildman–Crippen MR) is 113 cm³/mol. The lowest BCUT2D eigenvalue weighted by molar-refractivity contribution is 0.268. The zero-order chi connectivity index (χ0) is 17.7. The van der Waals surface area contributed by atoms with Gasteiger partial charge in [-0.15, -0.1) is 12.4 Å². The van der Waals surface area contributed by atoms with Crippen LogP contribution in [0.15, 0.2) is 48.5 Å². The van der Waals surface area contributed by atoms with Gasteiger partial charge in [-0.05, 0) is 49.1 Å². The van der Waals surface area contributed by atoms with Gasteiger partial charge in [0.15, 0.2) is 0 Å². The topological polar surface area (TPSA) is 21.3 Å². The van der Waals surface area contributed by atoms with Crippen LogP contribution in [0.3, 0.4) is 0 Å². The Morgan fingerprint density at radius 3 is 2.50 bits per heavy atom. The first-order valence-corrected chi connectivity index (χ1v) is 9.67. The molecule has 0 aliphatic carbocycles. The fraction of sp³-hybridized carbons (Fsp3) is 0.455. The molecule has 1 heterocycles. The van der Waals surface area contributed by atoms with Gasteiger partial charge in [-0.2, -0.15) is 0 Å². The van der Waals surface area contributed by atoms with E-state index in [0.29, 0.717) is 17.7 Å². The molecule has 26 heavy (non-hydrogen) atoms. The minimum absolute atomic E-state index is 0. The van der Waals surface area contributed by atoms with E-state index in [9.17, 15) is 0 Å². The van der Waals surface area contributed by atoms with E-state index in [2.05, 4.69) is 49.5 Å². The van der Waals surface area contributed by atoms with Gasteiger partial charge in [-0.1, -0.05) is 68.3 Å².